The average molecular weight is 310 g/mol. The van der Waals surface area contributed by atoms with E-state index in [0.29, 0.717) is 25.6 Å². The van der Waals surface area contributed by atoms with Gasteiger partial charge in [0.1, 0.15) is 12.3 Å². The van der Waals surface area contributed by atoms with Crippen molar-refractivity contribution in [1.29, 1.82) is 0 Å². The average Bonchev–Trinajstić information content (AvgIpc) is 2.60. The van der Waals surface area contributed by atoms with Crippen LogP contribution in [0.4, 0.5) is 5.69 Å². The fourth-order valence-electron chi connectivity index (χ4n) is 3.16. The fraction of sp³-hybridized carbons (Fsp3) is 0.333. The number of aromatic nitrogens is 1. The van der Waals surface area contributed by atoms with Crippen LogP contribution in [0.5, 0.6) is 5.88 Å². The van der Waals surface area contributed by atoms with Crippen LogP contribution in [0.15, 0.2) is 36.4 Å². The molecule has 0 N–H and O–H groups in total. The Hall–Kier alpha value is -2.40. The number of aryl methyl sites for hydroxylation is 1. The summed E-state index contributed by atoms with van der Waals surface area (Å²) in [6, 6.07) is 11.8. The minimum Gasteiger partial charge on any atom is -0.474 e. The second-order valence-electron chi connectivity index (χ2n) is 5.81. The van der Waals surface area contributed by atoms with Gasteiger partial charge < -0.3 is 14.4 Å². The Kier molecular flexibility index (Phi) is 3.50. The number of rotatable bonds is 1. The van der Waals surface area contributed by atoms with Crippen LogP contribution in [0, 0.1) is 6.92 Å². The van der Waals surface area contributed by atoms with Crippen LogP contribution < -0.4 is 9.64 Å². The number of hydrogen-bond acceptors (Lipinski definition) is 4. The van der Waals surface area contributed by atoms with E-state index in [1.54, 1.807) is 4.90 Å². The van der Waals surface area contributed by atoms with Crippen molar-refractivity contribution >= 4 is 11.6 Å². The van der Waals surface area contributed by atoms with Gasteiger partial charge in [-0.3, -0.25) is 4.79 Å². The predicted octanol–water partition coefficient (Wildman–Crippen LogP) is 2.43. The van der Waals surface area contributed by atoms with Crippen molar-refractivity contribution in [3.8, 4) is 5.88 Å². The van der Waals surface area contributed by atoms with E-state index in [1.807, 2.05) is 37.3 Å². The molecule has 5 nitrogen and oxygen atoms in total. The molecule has 0 aliphatic carbocycles. The molecule has 0 saturated carbocycles. The van der Waals surface area contributed by atoms with E-state index in [0.717, 1.165) is 23.4 Å². The van der Waals surface area contributed by atoms with E-state index in [2.05, 4.69) is 11.1 Å². The lowest BCUT2D eigenvalue weighted by atomic mass is 9.96. The van der Waals surface area contributed by atoms with Crippen molar-refractivity contribution in [2.45, 2.75) is 19.4 Å². The Balaban J connectivity index is 1.69. The van der Waals surface area contributed by atoms with E-state index in [9.17, 15) is 4.79 Å². The molecule has 0 spiro atoms. The third kappa shape index (κ3) is 2.47. The van der Waals surface area contributed by atoms with Gasteiger partial charge in [-0.15, -0.1) is 0 Å². The molecule has 0 saturated heterocycles. The molecule has 1 unspecified atom stereocenters. The van der Waals surface area contributed by atoms with Crippen LogP contribution in [0.3, 0.4) is 0 Å². The number of nitrogens with zero attached hydrogens (tertiary/aromatic N) is 2. The lowest BCUT2D eigenvalue weighted by Crippen LogP contribution is -2.42. The monoisotopic (exact) mass is 310 g/mol. The first kappa shape index (κ1) is 14.2. The van der Waals surface area contributed by atoms with Crippen molar-refractivity contribution < 1.29 is 14.3 Å². The van der Waals surface area contributed by atoms with Crippen LogP contribution in [-0.4, -0.2) is 30.6 Å². The molecular weight excluding hydrogens is 292 g/mol. The summed E-state index contributed by atoms with van der Waals surface area (Å²) < 4.78 is 11.4. The number of anilines is 1. The molecule has 1 aromatic heterocycles. The lowest BCUT2D eigenvalue weighted by Gasteiger charge is -2.33. The molecule has 0 fully saturated rings. The highest BCUT2D eigenvalue weighted by atomic mass is 16.5. The molecule has 0 radical (unpaired) electrons. The summed E-state index contributed by atoms with van der Waals surface area (Å²) in [5, 5.41) is 0. The molecular formula is C18H18N2O3. The van der Waals surface area contributed by atoms with Gasteiger partial charge in [0.05, 0.1) is 13.2 Å². The van der Waals surface area contributed by atoms with Gasteiger partial charge in [-0.25, -0.2) is 4.98 Å². The Bertz CT molecular complexity index is 760. The maximum Gasteiger partial charge on any atom is 0.261 e. The molecule has 1 aromatic carbocycles. The van der Waals surface area contributed by atoms with E-state index < -0.39 is 6.10 Å². The van der Waals surface area contributed by atoms with Gasteiger partial charge in [0.2, 0.25) is 5.88 Å². The summed E-state index contributed by atoms with van der Waals surface area (Å²) in [7, 11) is 0. The molecule has 3 heterocycles. The van der Waals surface area contributed by atoms with Crippen LogP contribution in [-0.2, 0) is 16.0 Å². The van der Waals surface area contributed by atoms with Crippen LogP contribution in [0.1, 0.15) is 22.9 Å². The van der Waals surface area contributed by atoms with E-state index in [-0.39, 0.29) is 5.91 Å². The molecule has 2 aliphatic rings. The van der Waals surface area contributed by atoms with Gasteiger partial charge in [0.25, 0.3) is 5.91 Å². The smallest absolute Gasteiger partial charge is 0.261 e. The molecule has 2 aromatic rings. The maximum atomic E-state index is 13.1. The molecule has 23 heavy (non-hydrogen) atoms. The molecule has 4 rings (SSSR count). The van der Waals surface area contributed by atoms with E-state index in [1.165, 1.54) is 5.56 Å². The standard InChI is InChI=1S/C18H18N2O3/c1-12-6-7-15-17(19-12)23-11-9-20(15)18(21)16-14-5-3-2-4-13(14)8-10-22-16/h2-7,16H,8-11H2,1H3. The first-order chi connectivity index (χ1) is 11.2. The van der Waals surface area contributed by atoms with Crippen molar-refractivity contribution in [2.24, 2.45) is 0 Å². The SMILES string of the molecule is Cc1ccc2c(n1)OCCN2C(=O)C1OCCc2ccccc21. The first-order valence-corrected chi connectivity index (χ1v) is 7.85. The summed E-state index contributed by atoms with van der Waals surface area (Å²) in [6.07, 6.45) is 0.299. The van der Waals surface area contributed by atoms with E-state index in [4.69, 9.17) is 9.47 Å². The van der Waals surface area contributed by atoms with Crippen molar-refractivity contribution in [3.63, 3.8) is 0 Å². The molecule has 118 valence electrons. The number of benzene rings is 1. The number of ether oxygens (including phenoxy) is 2. The summed E-state index contributed by atoms with van der Waals surface area (Å²) in [4.78, 5) is 19.2. The fourth-order valence-corrected chi connectivity index (χ4v) is 3.16. The van der Waals surface area contributed by atoms with Crippen LogP contribution in [0.25, 0.3) is 0 Å². The topological polar surface area (TPSA) is 51.7 Å². The van der Waals surface area contributed by atoms with Gasteiger partial charge in [-0.1, -0.05) is 24.3 Å². The van der Waals surface area contributed by atoms with Crippen molar-refractivity contribution in [1.82, 2.24) is 4.98 Å². The zero-order valence-electron chi connectivity index (χ0n) is 13.0. The van der Waals surface area contributed by atoms with Crippen molar-refractivity contribution in [3.05, 3.63) is 53.2 Å². The van der Waals surface area contributed by atoms with E-state index >= 15 is 0 Å². The van der Waals surface area contributed by atoms with Crippen molar-refractivity contribution in [2.75, 3.05) is 24.7 Å². The third-order valence-electron chi connectivity index (χ3n) is 4.31. The zero-order valence-corrected chi connectivity index (χ0v) is 13.0. The maximum absolute atomic E-state index is 13.1. The number of pyridine rings is 1. The molecule has 2 aliphatic heterocycles. The Morgan fingerprint density at radius 1 is 1.22 bits per heavy atom. The number of carbonyl (C=O) groups excluding carboxylic acids is 1. The first-order valence-electron chi connectivity index (χ1n) is 7.85. The number of carbonyl (C=O) groups is 1. The molecule has 1 amide bonds. The summed E-state index contributed by atoms with van der Waals surface area (Å²) in [6.45, 7) is 3.43. The lowest BCUT2D eigenvalue weighted by molar-refractivity contribution is -0.131. The zero-order chi connectivity index (χ0) is 15.8. The molecule has 1 atom stereocenters. The Morgan fingerprint density at radius 2 is 2.09 bits per heavy atom. The normalized spacial score (nSPS) is 19.5. The van der Waals surface area contributed by atoms with Gasteiger partial charge in [0, 0.05) is 5.69 Å². The van der Waals surface area contributed by atoms with Gasteiger partial charge in [-0.2, -0.15) is 0 Å². The summed E-state index contributed by atoms with van der Waals surface area (Å²) in [5.74, 6) is 0.473. The largest absolute Gasteiger partial charge is 0.474 e. The third-order valence-corrected chi connectivity index (χ3v) is 4.31. The number of amides is 1. The quantitative estimate of drug-likeness (QED) is 0.812. The predicted molar refractivity (Wildman–Crippen MR) is 85.7 cm³/mol. The van der Waals surface area contributed by atoms with Crippen LogP contribution >= 0.6 is 0 Å². The highest BCUT2D eigenvalue weighted by Crippen LogP contribution is 2.34. The number of fused-ring (bicyclic) bond motifs is 2. The summed E-state index contributed by atoms with van der Waals surface area (Å²) in [5.41, 5.74) is 3.75. The van der Waals surface area contributed by atoms with Gasteiger partial charge in [-0.05, 0) is 36.6 Å². The summed E-state index contributed by atoms with van der Waals surface area (Å²) >= 11 is 0. The van der Waals surface area contributed by atoms with Crippen LogP contribution in [0.2, 0.25) is 0 Å². The Morgan fingerprint density at radius 3 is 3.00 bits per heavy atom. The van der Waals surface area contributed by atoms with Gasteiger partial charge >= 0.3 is 0 Å². The highest BCUT2D eigenvalue weighted by Gasteiger charge is 2.34. The van der Waals surface area contributed by atoms with Gasteiger partial charge in [0.15, 0.2) is 6.10 Å². The Labute approximate surface area is 134 Å². The minimum absolute atomic E-state index is 0.0487. The second kappa shape index (κ2) is 5.66. The highest BCUT2D eigenvalue weighted by molar-refractivity contribution is 5.98. The second-order valence-corrected chi connectivity index (χ2v) is 5.81. The molecule has 5 heteroatoms. The minimum atomic E-state index is -0.549. The molecule has 0 bridgehead atoms. The number of hydrogen-bond donors (Lipinski definition) is 0.